The molecule has 0 heterocycles. The van der Waals surface area contributed by atoms with Gasteiger partial charge in [-0.3, -0.25) is 0 Å². The van der Waals surface area contributed by atoms with E-state index in [4.69, 9.17) is 9.84 Å². The standard InChI is InChI=1S/C20H32O4S/c1-12(24-11-17(21)22)13(2)25-14-9-15(19(3,4)5)18(23)16(10-14)20(6,7)8/h9-10,12-13,23H,11H2,1-8H3,(H,21,22)/t12-,13-/m0/s1. The maximum Gasteiger partial charge on any atom is 0.329 e. The fourth-order valence-corrected chi connectivity index (χ4v) is 3.54. The second-order valence-electron chi connectivity index (χ2n) is 8.60. The lowest BCUT2D eigenvalue weighted by atomic mass is 9.79. The first-order valence-corrected chi connectivity index (χ1v) is 9.49. The van der Waals surface area contributed by atoms with E-state index >= 15 is 0 Å². The van der Waals surface area contributed by atoms with Gasteiger partial charge in [-0.25, -0.2) is 4.79 Å². The van der Waals surface area contributed by atoms with Crippen LogP contribution in [0.3, 0.4) is 0 Å². The zero-order chi connectivity index (χ0) is 19.6. The molecule has 4 nitrogen and oxygen atoms in total. The van der Waals surface area contributed by atoms with Crippen LogP contribution in [0.15, 0.2) is 17.0 Å². The van der Waals surface area contributed by atoms with Crippen molar-refractivity contribution in [2.24, 2.45) is 0 Å². The SMILES string of the molecule is C[C@H](OCC(=O)O)[C@H](C)Sc1cc(C(C)(C)C)c(O)c(C(C)(C)C)c1. The molecule has 1 aromatic rings. The van der Waals surface area contributed by atoms with Gasteiger partial charge in [0, 0.05) is 21.3 Å². The second-order valence-corrected chi connectivity index (χ2v) is 10.1. The summed E-state index contributed by atoms with van der Waals surface area (Å²) in [4.78, 5) is 11.7. The molecule has 0 aromatic heterocycles. The molecule has 0 aliphatic rings. The van der Waals surface area contributed by atoms with Gasteiger partial charge in [-0.1, -0.05) is 48.5 Å². The Morgan fingerprint density at radius 1 is 1.08 bits per heavy atom. The van der Waals surface area contributed by atoms with Crippen LogP contribution < -0.4 is 0 Å². The number of aliphatic carboxylic acids is 1. The number of phenolic OH excluding ortho intramolecular Hbond substituents is 1. The number of thioether (sulfide) groups is 1. The van der Waals surface area contributed by atoms with Crippen LogP contribution in [0.2, 0.25) is 0 Å². The van der Waals surface area contributed by atoms with Crippen LogP contribution in [0.4, 0.5) is 0 Å². The molecule has 0 saturated heterocycles. The molecule has 0 saturated carbocycles. The van der Waals surface area contributed by atoms with E-state index in [0.29, 0.717) is 5.75 Å². The Labute approximate surface area is 156 Å². The van der Waals surface area contributed by atoms with E-state index in [1.165, 1.54) is 0 Å². The molecule has 2 atom stereocenters. The Morgan fingerprint density at radius 3 is 1.88 bits per heavy atom. The van der Waals surface area contributed by atoms with Crippen molar-refractivity contribution in [1.29, 1.82) is 0 Å². The zero-order valence-corrected chi connectivity index (χ0v) is 17.5. The topological polar surface area (TPSA) is 66.8 Å². The summed E-state index contributed by atoms with van der Waals surface area (Å²) in [6.07, 6.45) is -0.189. The quantitative estimate of drug-likeness (QED) is 0.695. The van der Waals surface area contributed by atoms with Crippen LogP contribution in [0.1, 0.15) is 66.5 Å². The molecule has 1 rings (SSSR count). The molecule has 2 N–H and O–H groups in total. The van der Waals surface area contributed by atoms with E-state index in [0.717, 1.165) is 16.0 Å². The summed E-state index contributed by atoms with van der Waals surface area (Å²) in [6, 6.07) is 4.07. The minimum absolute atomic E-state index is 0.0875. The van der Waals surface area contributed by atoms with Crippen LogP contribution in [0.25, 0.3) is 0 Å². The van der Waals surface area contributed by atoms with Crippen molar-refractivity contribution in [3.63, 3.8) is 0 Å². The predicted octanol–water partition coefficient (Wildman–Crippen LogP) is 4.96. The van der Waals surface area contributed by atoms with Crippen molar-refractivity contribution in [2.75, 3.05) is 6.61 Å². The molecule has 0 radical (unpaired) electrons. The first kappa shape index (κ1) is 21.8. The van der Waals surface area contributed by atoms with E-state index in [1.807, 2.05) is 26.0 Å². The summed E-state index contributed by atoms with van der Waals surface area (Å²) in [6.45, 7) is 16.2. The minimum Gasteiger partial charge on any atom is -0.507 e. The Balaban J connectivity index is 3.17. The Kier molecular flexibility index (Phi) is 6.99. The predicted molar refractivity (Wildman–Crippen MR) is 104 cm³/mol. The fraction of sp³-hybridized carbons (Fsp3) is 0.650. The second kappa shape index (κ2) is 8.00. The van der Waals surface area contributed by atoms with Gasteiger partial charge < -0.3 is 14.9 Å². The first-order chi connectivity index (χ1) is 11.2. The van der Waals surface area contributed by atoms with E-state index in [9.17, 15) is 9.90 Å². The fourth-order valence-electron chi connectivity index (χ4n) is 2.47. The summed E-state index contributed by atoms with van der Waals surface area (Å²) < 4.78 is 5.39. The monoisotopic (exact) mass is 368 g/mol. The third-order valence-electron chi connectivity index (χ3n) is 4.15. The van der Waals surface area contributed by atoms with Gasteiger partial charge >= 0.3 is 5.97 Å². The van der Waals surface area contributed by atoms with Gasteiger partial charge in [-0.2, -0.15) is 0 Å². The number of rotatable bonds is 6. The number of aromatic hydroxyl groups is 1. The highest BCUT2D eigenvalue weighted by Crippen LogP contribution is 2.42. The molecule has 0 spiro atoms. The third-order valence-corrected chi connectivity index (χ3v) is 5.42. The van der Waals surface area contributed by atoms with E-state index in [2.05, 4.69) is 41.5 Å². The van der Waals surface area contributed by atoms with Crippen molar-refractivity contribution in [2.45, 2.75) is 82.5 Å². The van der Waals surface area contributed by atoms with Gasteiger partial charge in [0.05, 0.1) is 6.10 Å². The molecule has 0 unspecified atom stereocenters. The third kappa shape index (κ3) is 6.23. The summed E-state index contributed by atoms with van der Waals surface area (Å²) in [5.41, 5.74) is 1.51. The number of benzene rings is 1. The highest BCUT2D eigenvalue weighted by molar-refractivity contribution is 8.00. The molecule has 142 valence electrons. The van der Waals surface area contributed by atoms with E-state index in [1.54, 1.807) is 11.8 Å². The summed E-state index contributed by atoms with van der Waals surface area (Å²) >= 11 is 1.64. The van der Waals surface area contributed by atoms with Crippen molar-refractivity contribution < 1.29 is 19.7 Å². The van der Waals surface area contributed by atoms with Crippen LogP contribution in [-0.4, -0.2) is 34.1 Å². The average molecular weight is 369 g/mol. The molecule has 0 amide bonds. The zero-order valence-electron chi connectivity index (χ0n) is 16.6. The van der Waals surface area contributed by atoms with Crippen molar-refractivity contribution in [3.8, 4) is 5.75 Å². The molecule has 25 heavy (non-hydrogen) atoms. The van der Waals surface area contributed by atoms with Crippen LogP contribution in [-0.2, 0) is 20.4 Å². The lowest BCUT2D eigenvalue weighted by Crippen LogP contribution is -2.24. The normalized spacial score (nSPS) is 15.0. The molecule has 0 aliphatic carbocycles. The van der Waals surface area contributed by atoms with E-state index in [-0.39, 0.29) is 28.8 Å². The summed E-state index contributed by atoms with van der Waals surface area (Å²) in [5.74, 6) is -0.592. The molecule has 0 bridgehead atoms. The average Bonchev–Trinajstić information content (AvgIpc) is 2.43. The maximum absolute atomic E-state index is 10.8. The minimum atomic E-state index is -0.960. The molecule has 0 fully saturated rings. The van der Waals surface area contributed by atoms with Crippen molar-refractivity contribution in [1.82, 2.24) is 0 Å². The molecule has 0 aliphatic heterocycles. The Hall–Kier alpha value is -1.20. The summed E-state index contributed by atoms with van der Waals surface area (Å²) in [5, 5.41) is 19.6. The largest absolute Gasteiger partial charge is 0.507 e. The van der Waals surface area contributed by atoms with Gasteiger partial charge in [0.25, 0.3) is 0 Å². The van der Waals surface area contributed by atoms with Crippen molar-refractivity contribution in [3.05, 3.63) is 23.3 Å². The van der Waals surface area contributed by atoms with E-state index < -0.39 is 5.97 Å². The van der Waals surface area contributed by atoms with Gasteiger partial charge in [0.1, 0.15) is 12.4 Å². The number of hydrogen-bond donors (Lipinski definition) is 2. The van der Waals surface area contributed by atoms with Crippen LogP contribution in [0.5, 0.6) is 5.75 Å². The number of phenols is 1. The Bertz CT molecular complexity index is 576. The highest BCUT2D eigenvalue weighted by Gasteiger charge is 2.27. The number of carbonyl (C=O) groups is 1. The smallest absolute Gasteiger partial charge is 0.329 e. The molecule has 5 heteroatoms. The van der Waals surface area contributed by atoms with Gasteiger partial charge in [0.15, 0.2) is 0 Å². The number of carboxylic acid groups (broad SMARTS) is 1. The maximum atomic E-state index is 10.8. The van der Waals surface area contributed by atoms with Gasteiger partial charge in [-0.15, -0.1) is 11.8 Å². The first-order valence-electron chi connectivity index (χ1n) is 8.61. The van der Waals surface area contributed by atoms with Crippen molar-refractivity contribution >= 4 is 17.7 Å². The van der Waals surface area contributed by atoms with Gasteiger partial charge in [-0.05, 0) is 29.9 Å². The molecular formula is C20H32O4S. The molecule has 1 aromatic carbocycles. The van der Waals surface area contributed by atoms with Crippen LogP contribution in [0, 0.1) is 0 Å². The highest BCUT2D eigenvalue weighted by atomic mass is 32.2. The number of carboxylic acids is 1. The molecular weight excluding hydrogens is 336 g/mol. The van der Waals surface area contributed by atoms with Crippen LogP contribution >= 0.6 is 11.8 Å². The summed E-state index contributed by atoms with van der Waals surface area (Å²) in [7, 11) is 0. The van der Waals surface area contributed by atoms with Gasteiger partial charge in [0.2, 0.25) is 0 Å². The number of hydrogen-bond acceptors (Lipinski definition) is 4. The lowest BCUT2D eigenvalue weighted by Gasteiger charge is -2.29. The lowest BCUT2D eigenvalue weighted by molar-refractivity contribution is -0.143. The number of ether oxygens (including phenoxy) is 1. The Morgan fingerprint density at radius 2 is 1.52 bits per heavy atom.